The summed E-state index contributed by atoms with van der Waals surface area (Å²) in [6.45, 7) is 2.49. The molecule has 1 N–H and O–H groups in total. The smallest absolute Gasteiger partial charge is 0.194 e. The first-order chi connectivity index (χ1) is 9.70. The average Bonchev–Trinajstić information content (AvgIpc) is 3.00. The predicted molar refractivity (Wildman–Crippen MR) is 82.9 cm³/mol. The maximum absolute atomic E-state index is 6.09. The number of thiophene rings is 1. The number of ether oxygens (including phenoxy) is 1. The molecule has 0 saturated heterocycles. The van der Waals surface area contributed by atoms with Gasteiger partial charge in [0.1, 0.15) is 4.34 Å². The van der Waals surface area contributed by atoms with E-state index in [2.05, 4.69) is 10.3 Å². The molecule has 0 aliphatic carbocycles. The van der Waals surface area contributed by atoms with Crippen LogP contribution in [0.25, 0.3) is 11.3 Å². The highest BCUT2D eigenvalue weighted by Gasteiger charge is 2.13. The molecule has 0 fully saturated rings. The summed E-state index contributed by atoms with van der Waals surface area (Å²) in [7, 11) is 1.69. The molecule has 7 heteroatoms. The van der Waals surface area contributed by atoms with Crippen LogP contribution in [-0.2, 0) is 11.2 Å². The van der Waals surface area contributed by atoms with Gasteiger partial charge >= 0.3 is 0 Å². The molecule has 0 bridgehead atoms. The van der Waals surface area contributed by atoms with E-state index in [0.29, 0.717) is 20.3 Å². The van der Waals surface area contributed by atoms with Gasteiger partial charge in [-0.1, -0.05) is 23.2 Å². The summed E-state index contributed by atoms with van der Waals surface area (Å²) in [5.74, 6) is 1.38. The molecule has 20 heavy (non-hydrogen) atoms. The van der Waals surface area contributed by atoms with Gasteiger partial charge in [0.05, 0.1) is 17.1 Å². The lowest BCUT2D eigenvalue weighted by Crippen LogP contribution is -2.20. The highest BCUT2D eigenvalue weighted by molar-refractivity contribution is 7.20. The fourth-order valence-electron chi connectivity index (χ4n) is 1.72. The Kier molecular flexibility index (Phi) is 6.32. The number of aromatic nitrogens is 1. The third-order valence-electron chi connectivity index (χ3n) is 2.70. The monoisotopic (exact) mass is 334 g/mol. The van der Waals surface area contributed by atoms with Gasteiger partial charge in [0.25, 0.3) is 0 Å². The molecule has 0 amide bonds. The molecule has 110 valence electrons. The fraction of sp³-hybridized carbons (Fsp3) is 0.462. The lowest BCUT2D eigenvalue weighted by atomic mass is 10.3. The van der Waals surface area contributed by atoms with Gasteiger partial charge < -0.3 is 14.5 Å². The quantitative estimate of drug-likeness (QED) is 0.744. The summed E-state index contributed by atoms with van der Waals surface area (Å²) < 4.78 is 11.9. The van der Waals surface area contributed by atoms with Crippen molar-refractivity contribution in [2.45, 2.75) is 12.8 Å². The van der Waals surface area contributed by atoms with E-state index in [0.717, 1.165) is 38.1 Å². The van der Waals surface area contributed by atoms with E-state index in [1.807, 2.05) is 0 Å². The van der Waals surface area contributed by atoms with Gasteiger partial charge in [-0.2, -0.15) is 0 Å². The zero-order valence-electron chi connectivity index (χ0n) is 11.1. The maximum atomic E-state index is 6.09. The molecule has 0 aliphatic rings. The Morgan fingerprint density at radius 3 is 2.95 bits per heavy atom. The highest BCUT2D eigenvalue weighted by Crippen LogP contribution is 2.38. The van der Waals surface area contributed by atoms with Crippen molar-refractivity contribution in [3.05, 3.63) is 26.8 Å². The largest absolute Gasteiger partial charge is 0.441 e. The average molecular weight is 335 g/mol. The van der Waals surface area contributed by atoms with Gasteiger partial charge in [-0.25, -0.2) is 4.98 Å². The van der Waals surface area contributed by atoms with Crippen LogP contribution in [0.1, 0.15) is 12.3 Å². The van der Waals surface area contributed by atoms with Crippen LogP contribution in [-0.4, -0.2) is 31.8 Å². The molecule has 0 aromatic carbocycles. The van der Waals surface area contributed by atoms with E-state index in [1.54, 1.807) is 19.4 Å². The zero-order valence-corrected chi connectivity index (χ0v) is 13.4. The minimum absolute atomic E-state index is 0.624. The number of methoxy groups -OCH3 is 1. The summed E-state index contributed by atoms with van der Waals surface area (Å²) in [6.07, 6.45) is 3.44. The molecular formula is C13H16Cl2N2O2S. The van der Waals surface area contributed by atoms with Crippen molar-refractivity contribution in [3.8, 4) is 11.3 Å². The molecule has 4 nitrogen and oxygen atoms in total. The Morgan fingerprint density at radius 1 is 1.40 bits per heavy atom. The van der Waals surface area contributed by atoms with Crippen LogP contribution in [0.15, 0.2) is 16.7 Å². The molecule has 2 rings (SSSR count). The fourth-order valence-corrected chi connectivity index (χ4v) is 3.20. The number of halogens is 2. The minimum atomic E-state index is 0.624. The van der Waals surface area contributed by atoms with Crippen molar-refractivity contribution >= 4 is 34.5 Å². The number of nitrogens with zero attached hydrogens (tertiary/aromatic N) is 1. The SMILES string of the molecule is COCCNCCCc1ncc(-c2cc(Cl)sc2Cl)o1. The topological polar surface area (TPSA) is 47.3 Å². The van der Waals surface area contributed by atoms with Crippen molar-refractivity contribution in [1.29, 1.82) is 0 Å². The maximum Gasteiger partial charge on any atom is 0.194 e. The van der Waals surface area contributed by atoms with E-state index >= 15 is 0 Å². The van der Waals surface area contributed by atoms with Gasteiger partial charge in [-0.3, -0.25) is 0 Å². The molecule has 0 unspecified atom stereocenters. The molecule has 2 aromatic rings. The van der Waals surface area contributed by atoms with Crippen LogP contribution in [0.5, 0.6) is 0 Å². The van der Waals surface area contributed by atoms with Crippen molar-refractivity contribution in [3.63, 3.8) is 0 Å². The van der Waals surface area contributed by atoms with Crippen molar-refractivity contribution in [1.82, 2.24) is 10.3 Å². The highest BCUT2D eigenvalue weighted by atomic mass is 35.5. The lowest BCUT2D eigenvalue weighted by molar-refractivity contribution is 0.199. The molecule has 0 radical (unpaired) electrons. The van der Waals surface area contributed by atoms with E-state index in [1.165, 1.54) is 11.3 Å². The first kappa shape index (κ1) is 15.8. The van der Waals surface area contributed by atoms with Gasteiger partial charge in [0.2, 0.25) is 0 Å². The molecule has 2 heterocycles. The lowest BCUT2D eigenvalue weighted by Gasteiger charge is -2.01. The van der Waals surface area contributed by atoms with Crippen molar-refractivity contribution < 1.29 is 9.15 Å². The number of nitrogens with one attached hydrogen (secondary N) is 1. The predicted octanol–water partition coefficient (Wildman–Crippen LogP) is 3.88. The summed E-state index contributed by atoms with van der Waals surface area (Å²) in [5.41, 5.74) is 0.804. The van der Waals surface area contributed by atoms with Gasteiger partial charge in [0, 0.05) is 25.6 Å². The zero-order chi connectivity index (χ0) is 14.4. The minimum Gasteiger partial charge on any atom is -0.441 e. The summed E-state index contributed by atoms with van der Waals surface area (Å²) in [5, 5.41) is 3.28. The number of hydrogen-bond acceptors (Lipinski definition) is 5. The third-order valence-corrected chi connectivity index (χ3v) is 4.19. The summed E-state index contributed by atoms with van der Waals surface area (Å²) in [6, 6.07) is 1.80. The molecule has 0 aliphatic heterocycles. The van der Waals surface area contributed by atoms with Crippen LogP contribution >= 0.6 is 34.5 Å². The van der Waals surface area contributed by atoms with Crippen molar-refractivity contribution in [2.75, 3.05) is 26.8 Å². The van der Waals surface area contributed by atoms with Crippen LogP contribution in [0, 0.1) is 0 Å². The third kappa shape index (κ3) is 4.46. The molecule has 2 aromatic heterocycles. The van der Waals surface area contributed by atoms with Crippen LogP contribution in [0.4, 0.5) is 0 Å². The Labute approximate surface area is 132 Å². The van der Waals surface area contributed by atoms with Crippen molar-refractivity contribution in [2.24, 2.45) is 0 Å². The van der Waals surface area contributed by atoms with Gasteiger partial charge in [-0.15, -0.1) is 11.3 Å². The van der Waals surface area contributed by atoms with E-state index < -0.39 is 0 Å². The van der Waals surface area contributed by atoms with Gasteiger partial charge in [-0.05, 0) is 19.0 Å². The van der Waals surface area contributed by atoms with Crippen LogP contribution < -0.4 is 5.32 Å². The number of rotatable bonds is 8. The normalized spacial score (nSPS) is 11.2. The van der Waals surface area contributed by atoms with E-state index in [9.17, 15) is 0 Å². The summed E-state index contributed by atoms with van der Waals surface area (Å²) >= 11 is 13.3. The molecular weight excluding hydrogens is 319 g/mol. The van der Waals surface area contributed by atoms with E-state index in [-0.39, 0.29) is 0 Å². The Morgan fingerprint density at radius 2 is 2.25 bits per heavy atom. The Hall–Kier alpha value is -0.590. The second-order valence-corrected chi connectivity index (χ2v) is 6.49. The van der Waals surface area contributed by atoms with Crippen LogP contribution in [0.3, 0.4) is 0 Å². The first-order valence-corrected chi connectivity index (χ1v) is 7.87. The molecule has 0 saturated carbocycles. The Bertz CT molecular complexity index is 542. The Balaban J connectivity index is 1.82. The second-order valence-electron chi connectivity index (χ2n) is 4.20. The number of oxazole rings is 1. The molecule has 0 spiro atoms. The number of aryl methyl sites for hydroxylation is 1. The number of hydrogen-bond donors (Lipinski definition) is 1. The van der Waals surface area contributed by atoms with Crippen LogP contribution in [0.2, 0.25) is 8.67 Å². The first-order valence-electron chi connectivity index (χ1n) is 6.30. The molecule has 0 atom stereocenters. The van der Waals surface area contributed by atoms with Gasteiger partial charge in [0.15, 0.2) is 11.7 Å². The summed E-state index contributed by atoms with van der Waals surface area (Å²) in [4.78, 5) is 4.26. The van der Waals surface area contributed by atoms with E-state index in [4.69, 9.17) is 32.4 Å². The standard InChI is InChI=1S/C13H16Cl2N2O2S/c1-18-6-5-16-4-2-3-12-17-8-10(19-12)9-7-11(14)20-13(9)15/h7-8,16H,2-6H2,1H3. The second kappa shape index (κ2) is 8.00.